The molecule has 2 rings (SSSR count). The van der Waals surface area contributed by atoms with E-state index >= 15 is 0 Å². The minimum absolute atomic E-state index is 0.120. The number of amides is 1. The number of sulfone groups is 1. The van der Waals surface area contributed by atoms with Crippen LogP contribution in [0, 0.1) is 0 Å². The predicted molar refractivity (Wildman–Crippen MR) is 86.2 cm³/mol. The van der Waals surface area contributed by atoms with Gasteiger partial charge in [0, 0.05) is 18.6 Å². The van der Waals surface area contributed by atoms with E-state index in [2.05, 4.69) is 10.3 Å². The Bertz CT molecular complexity index is 804. The topological polar surface area (TPSA) is 85.4 Å². The molecule has 0 aliphatic heterocycles. The third kappa shape index (κ3) is 4.07. The molecular weight excluding hydrogens is 316 g/mol. The van der Waals surface area contributed by atoms with Crippen LogP contribution in [0.4, 0.5) is 0 Å². The van der Waals surface area contributed by atoms with Crippen molar-refractivity contribution < 1.29 is 17.9 Å². The Labute approximate surface area is 135 Å². The zero-order chi connectivity index (χ0) is 17.0. The maximum absolute atomic E-state index is 12.1. The summed E-state index contributed by atoms with van der Waals surface area (Å²) in [5.74, 6) is 0.00392. The standard InChI is InChI=1S/C16H18N2O4S/c1-11(18-16(19)13-5-4-8-17-10-13)12-6-7-15(23(3,20)21)14(9-12)22-2/h4-11H,1-3H3,(H,18,19). The fourth-order valence-corrected chi connectivity index (χ4v) is 2.94. The molecule has 1 heterocycles. The first-order chi connectivity index (χ1) is 10.8. The van der Waals surface area contributed by atoms with E-state index in [1.165, 1.54) is 19.4 Å². The van der Waals surface area contributed by atoms with Gasteiger partial charge in [-0.1, -0.05) is 6.07 Å². The summed E-state index contributed by atoms with van der Waals surface area (Å²) in [5, 5.41) is 2.84. The molecule has 0 fully saturated rings. The van der Waals surface area contributed by atoms with Crippen LogP contribution in [-0.4, -0.2) is 32.7 Å². The lowest BCUT2D eigenvalue weighted by Gasteiger charge is -2.16. The molecule has 1 amide bonds. The molecule has 122 valence electrons. The van der Waals surface area contributed by atoms with Crippen molar-refractivity contribution in [3.63, 3.8) is 0 Å². The van der Waals surface area contributed by atoms with E-state index in [0.29, 0.717) is 5.56 Å². The lowest BCUT2D eigenvalue weighted by Crippen LogP contribution is -2.26. The molecular formula is C16H18N2O4S. The Balaban J connectivity index is 2.23. The van der Waals surface area contributed by atoms with Crippen molar-refractivity contribution in [1.29, 1.82) is 0 Å². The van der Waals surface area contributed by atoms with Gasteiger partial charge in [-0.25, -0.2) is 8.42 Å². The molecule has 0 bridgehead atoms. The molecule has 0 spiro atoms. The van der Waals surface area contributed by atoms with Gasteiger partial charge < -0.3 is 10.1 Å². The van der Waals surface area contributed by atoms with Crippen LogP contribution in [0.1, 0.15) is 28.9 Å². The van der Waals surface area contributed by atoms with Crippen LogP contribution in [0.15, 0.2) is 47.6 Å². The highest BCUT2D eigenvalue weighted by Gasteiger charge is 2.17. The van der Waals surface area contributed by atoms with E-state index in [-0.39, 0.29) is 22.6 Å². The van der Waals surface area contributed by atoms with Crippen LogP contribution < -0.4 is 10.1 Å². The van der Waals surface area contributed by atoms with Gasteiger partial charge in [0.25, 0.3) is 5.91 Å². The van der Waals surface area contributed by atoms with Crippen molar-refractivity contribution in [2.24, 2.45) is 0 Å². The molecule has 2 aromatic rings. The van der Waals surface area contributed by atoms with Crippen LogP contribution in [0.3, 0.4) is 0 Å². The first kappa shape index (κ1) is 17.0. The van der Waals surface area contributed by atoms with Crippen LogP contribution in [0.5, 0.6) is 5.75 Å². The molecule has 1 aromatic carbocycles. The summed E-state index contributed by atoms with van der Waals surface area (Å²) >= 11 is 0. The Hall–Kier alpha value is -2.41. The molecule has 7 heteroatoms. The lowest BCUT2D eigenvalue weighted by molar-refractivity contribution is 0.0939. The van der Waals surface area contributed by atoms with E-state index in [0.717, 1.165) is 11.8 Å². The highest BCUT2D eigenvalue weighted by Crippen LogP contribution is 2.27. The van der Waals surface area contributed by atoms with Crippen molar-refractivity contribution in [3.8, 4) is 5.75 Å². The van der Waals surface area contributed by atoms with Gasteiger partial charge in [0.15, 0.2) is 9.84 Å². The summed E-state index contributed by atoms with van der Waals surface area (Å²) in [4.78, 5) is 16.2. The molecule has 0 aliphatic carbocycles. The minimum Gasteiger partial charge on any atom is -0.495 e. The van der Waals surface area contributed by atoms with Crippen molar-refractivity contribution in [2.75, 3.05) is 13.4 Å². The fourth-order valence-electron chi connectivity index (χ4n) is 2.12. The quantitative estimate of drug-likeness (QED) is 0.904. The van der Waals surface area contributed by atoms with Crippen LogP contribution in [0.25, 0.3) is 0 Å². The fraction of sp³-hybridized carbons (Fsp3) is 0.250. The van der Waals surface area contributed by atoms with Gasteiger partial charge in [0.2, 0.25) is 0 Å². The normalized spacial score (nSPS) is 12.5. The van der Waals surface area contributed by atoms with Gasteiger partial charge in [-0.15, -0.1) is 0 Å². The first-order valence-electron chi connectivity index (χ1n) is 6.92. The molecule has 0 saturated carbocycles. The molecule has 0 aliphatic rings. The van der Waals surface area contributed by atoms with E-state index in [1.54, 1.807) is 30.5 Å². The summed E-state index contributed by atoms with van der Waals surface area (Å²) in [6.07, 6.45) is 4.20. The van der Waals surface area contributed by atoms with Crippen molar-refractivity contribution >= 4 is 15.7 Å². The average molecular weight is 334 g/mol. The minimum atomic E-state index is -3.37. The average Bonchev–Trinajstić information content (AvgIpc) is 2.54. The number of carbonyl (C=O) groups is 1. The third-order valence-corrected chi connectivity index (χ3v) is 4.49. The summed E-state index contributed by atoms with van der Waals surface area (Å²) < 4.78 is 28.6. The van der Waals surface area contributed by atoms with Gasteiger partial charge in [0.05, 0.1) is 18.7 Å². The van der Waals surface area contributed by atoms with Crippen LogP contribution in [-0.2, 0) is 9.84 Å². The SMILES string of the molecule is COc1cc(C(C)NC(=O)c2cccnc2)ccc1S(C)(=O)=O. The molecule has 1 unspecified atom stereocenters. The number of ether oxygens (including phenoxy) is 1. The van der Waals surface area contributed by atoms with E-state index < -0.39 is 9.84 Å². The Kier molecular flexibility index (Phi) is 5.00. The smallest absolute Gasteiger partial charge is 0.253 e. The Morgan fingerprint density at radius 1 is 1.30 bits per heavy atom. The Morgan fingerprint density at radius 2 is 2.04 bits per heavy atom. The number of methoxy groups -OCH3 is 1. The van der Waals surface area contributed by atoms with Crippen molar-refractivity contribution in [2.45, 2.75) is 17.9 Å². The zero-order valence-corrected chi connectivity index (χ0v) is 13.9. The molecule has 1 atom stereocenters. The van der Waals surface area contributed by atoms with Gasteiger partial charge in [-0.05, 0) is 36.8 Å². The number of hydrogen-bond acceptors (Lipinski definition) is 5. The molecule has 1 N–H and O–H groups in total. The van der Waals surface area contributed by atoms with E-state index in [9.17, 15) is 13.2 Å². The number of pyridine rings is 1. The number of nitrogens with zero attached hydrogens (tertiary/aromatic N) is 1. The number of rotatable bonds is 5. The second-order valence-corrected chi connectivity index (χ2v) is 7.10. The van der Waals surface area contributed by atoms with Crippen LogP contribution in [0.2, 0.25) is 0 Å². The largest absolute Gasteiger partial charge is 0.495 e. The number of carbonyl (C=O) groups excluding carboxylic acids is 1. The first-order valence-corrected chi connectivity index (χ1v) is 8.81. The number of nitrogens with one attached hydrogen (secondary N) is 1. The monoisotopic (exact) mass is 334 g/mol. The number of aromatic nitrogens is 1. The van der Waals surface area contributed by atoms with Gasteiger partial charge in [-0.3, -0.25) is 9.78 Å². The molecule has 0 saturated heterocycles. The molecule has 1 aromatic heterocycles. The Morgan fingerprint density at radius 3 is 2.61 bits per heavy atom. The van der Waals surface area contributed by atoms with Gasteiger partial charge in [-0.2, -0.15) is 0 Å². The zero-order valence-electron chi connectivity index (χ0n) is 13.1. The number of benzene rings is 1. The maximum Gasteiger partial charge on any atom is 0.253 e. The molecule has 0 radical (unpaired) electrons. The summed E-state index contributed by atoms with van der Waals surface area (Å²) in [6.45, 7) is 1.81. The highest BCUT2D eigenvalue weighted by atomic mass is 32.2. The van der Waals surface area contributed by atoms with Crippen molar-refractivity contribution in [1.82, 2.24) is 10.3 Å². The van der Waals surface area contributed by atoms with Crippen LogP contribution >= 0.6 is 0 Å². The van der Waals surface area contributed by atoms with E-state index in [4.69, 9.17) is 4.74 Å². The predicted octanol–water partition coefficient (Wildman–Crippen LogP) is 1.98. The summed E-state index contributed by atoms with van der Waals surface area (Å²) in [7, 11) is -1.97. The molecule has 23 heavy (non-hydrogen) atoms. The van der Waals surface area contributed by atoms with Gasteiger partial charge >= 0.3 is 0 Å². The maximum atomic E-state index is 12.1. The second-order valence-electron chi connectivity index (χ2n) is 5.12. The summed E-state index contributed by atoms with van der Waals surface area (Å²) in [5.41, 5.74) is 1.20. The highest BCUT2D eigenvalue weighted by molar-refractivity contribution is 7.90. The third-order valence-electron chi connectivity index (χ3n) is 3.36. The van der Waals surface area contributed by atoms with E-state index in [1.807, 2.05) is 6.92 Å². The van der Waals surface area contributed by atoms with Crippen molar-refractivity contribution in [3.05, 3.63) is 53.9 Å². The van der Waals surface area contributed by atoms with Gasteiger partial charge in [0.1, 0.15) is 10.6 Å². The number of hydrogen-bond donors (Lipinski definition) is 1. The molecule has 6 nitrogen and oxygen atoms in total. The lowest BCUT2D eigenvalue weighted by atomic mass is 10.1. The second kappa shape index (κ2) is 6.78. The summed E-state index contributed by atoms with van der Waals surface area (Å²) in [6, 6.07) is 7.80.